The number of pyridine rings is 1. The smallest absolute Gasteiger partial charge is 0.146 e. The number of piperidine rings is 1. The zero-order valence-electron chi connectivity index (χ0n) is 15.8. The predicted octanol–water partition coefficient (Wildman–Crippen LogP) is 2.96. The maximum atomic E-state index is 10.6. The number of para-hydroxylation sites is 1. The topological polar surface area (TPSA) is 57.6 Å². The van der Waals surface area contributed by atoms with Crippen molar-refractivity contribution < 1.29 is 9.84 Å². The summed E-state index contributed by atoms with van der Waals surface area (Å²) in [7, 11) is 0. The van der Waals surface area contributed by atoms with Gasteiger partial charge in [0.15, 0.2) is 0 Å². The summed E-state index contributed by atoms with van der Waals surface area (Å²) in [6.07, 6.45) is 5.00. The molecule has 5 nitrogen and oxygen atoms in total. The number of anilines is 1. The number of benzene rings is 1. The van der Waals surface area contributed by atoms with Gasteiger partial charge in [-0.1, -0.05) is 12.1 Å². The largest absolute Gasteiger partial charge is 0.485 e. The van der Waals surface area contributed by atoms with Gasteiger partial charge in [-0.2, -0.15) is 0 Å². The van der Waals surface area contributed by atoms with Gasteiger partial charge in [-0.25, -0.2) is 4.98 Å². The van der Waals surface area contributed by atoms with E-state index in [4.69, 9.17) is 9.72 Å². The minimum absolute atomic E-state index is 0.141. The monoisotopic (exact) mass is 367 g/mol. The van der Waals surface area contributed by atoms with Gasteiger partial charge in [-0.15, -0.1) is 0 Å². The molecule has 2 N–H and O–H groups in total. The van der Waals surface area contributed by atoms with Crippen molar-refractivity contribution in [3.63, 3.8) is 0 Å². The summed E-state index contributed by atoms with van der Waals surface area (Å²) in [5.41, 5.74) is 0.916. The van der Waals surface area contributed by atoms with Crippen molar-refractivity contribution in [3.8, 4) is 5.75 Å². The van der Waals surface area contributed by atoms with Gasteiger partial charge in [-0.05, 0) is 75.2 Å². The van der Waals surface area contributed by atoms with Crippen molar-refractivity contribution in [2.75, 3.05) is 31.1 Å². The second kappa shape index (κ2) is 7.28. The number of ether oxygens (including phenoxy) is 1. The first kappa shape index (κ1) is 17.3. The third kappa shape index (κ3) is 3.39. The maximum absolute atomic E-state index is 10.6. The first-order chi connectivity index (χ1) is 13.3. The number of nitrogens with one attached hydrogen (secondary N) is 1. The van der Waals surface area contributed by atoms with Gasteiger partial charge in [0.05, 0.1) is 6.10 Å². The molecule has 1 aromatic carbocycles. The Bertz CT molecular complexity index is 805. The van der Waals surface area contributed by atoms with E-state index in [0.717, 1.165) is 61.5 Å². The summed E-state index contributed by atoms with van der Waals surface area (Å²) in [6, 6.07) is 10.4. The van der Waals surface area contributed by atoms with Crippen LogP contribution in [0.4, 0.5) is 5.82 Å². The molecule has 3 aliphatic rings. The van der Waals surface area contributed by atoms with Crippen molar-refractivity contribution in [2.24, 2.45) is 11.8 Å². The van der Waals surface area contributed by atoms with Crippen LogP contribution in [0.2, 0.25) is 0 Å². The predicted molar refractivity (Wildman–Crippen MR) is 107 cm³/mol. The summed E-state index contributed by atoms with van der Waals surface area (Å²) in [5.74, 6) is 3.06. The van der Waals surface area contributed by atoms with E-state index < -0.39 is 6.10 Å². The quantitative estimate of drug-likeness (QED) is 0.874. The van der Waals surface area contributed by atoms with E-state index in [0.29, 0.717) is 11.8 Å². The average Bonchev–Trinajstić information content (AvgIpc) is 3.16. The third-order valence-corrected chi connectivity index (χ3v) is 6.62. The van der Waals surface area contributed by atoms with E-state index in [1.54, 1.807) is 0 Å². The molecule has 144 valence electrons. The molecule has 1 saturated carbocycles. The summed E-state index contributed by atoms with van der Waals surface area (Å²) >= 11 is 0. The van der Waals surface area contributed by atoms with Crippen LogP contribution in [-0.4, -0.2) is 48.5 Å². The summed E-state index contributed by atoms with van der Waals surface area (Å²) in [4.78, 5) is 7.34. The highest BCUT2D eigenvalue weighted by atomic mass is 16.5. The molecule has 1 aliphatic carbocycles. The van der Waals surface area contributed by atoms with Crippen LogP contribution < -0.4 is 15.0 Å². The standard InChI is InChI=1S/C22H29N3O2/c26-18-11-16-13-23-14-17(16)12-20(18)27-19-6-4-5-15-7-8-21(24-22(15)19)25-9-2-1-3-10-25/h4-8,16-18,20,23,26H,1-3,9-14H2/t16-,17+,18+,20+/m0/s1. The minimum atomic E-state index is -0.397. The Kier molecular flexibility index (Phi) is 4.66. The van der Waals surface area contributed by atoms with Gasteiger partial charge in [-0.3, -0.25) is 0 Å². The van der Waals surface area contributed by atoms with Gasteiger partial charge in [0.1, 0.15) is 23.2 Å². The first-order valence-electron chi connectivity index (χ1n) is 10.5. The zero-order chi connectivity index (χ0) is 18.2. The second-order valence-corrected chi connectivity index (χ2v) is 8.42. The SMILES string of the molecule is O[C@@H]1C[C@H]2CNC[C@H]2C[C@H]1Oc1cccc2ccc(N3CCCCC3)nc12. The van der Waals surface area contributed by atoms with Crippen LogP contribution in [0, 0.1) is 11.8 Å². The lowest BCUT2D eigenvalue weighted by Crippen LogP contribution is -2.42. The number of hydrogen-bond acceptors (Lipinski definition) is 5. The molecule has 3 fully saturated rings. The second-order valence-electron chi connectivity index (χ2n) is 8.42. The maximum Gasteiger partial charge on any atom is 0.146 e. The number of nitrogens with zero attached hydrogens (tertiary/aromatic N) is 2. The Balaban J connectivity index is 1.42. The molecule has 0 radical (unpaired) electrons. The van der Waals surface area contributed by atoms with Gasteiger partial charge in [0.25, 0.3) is 0 Å². The number of hydrogen-bond donors (Lipinski definition) is 2. The zero-order valence-corrected chi connectivity index (χ0v) is 15.8. The number of rotatable bonds is 3. The van der Waals surface area contributed by atoms with Crippen LogP contribution in [0.1, 0.15) is 32.1 Å². The average molecular weight is 367 g/mol. The third-order valence-electron chi connectivity index (χ3n) is 6.62. The van der Waals surface area contributed by atoms with E-state index in [1.165, 1.54) is 19.3 Å². The highest BCUT2D eigenvalue weighted by molar-refractivity contribution is 5.86. The highest BCUT2D eigenvalue weighted by Crippen LogP contribution is 2.36. The molecule has 2 saturated heterocycles. The number of aliphatic hydroxyl groups is 1. The Morgan fingerprint density at radius 3 is 2.67 bits per heavy atom. The summed E-state index contributed by atoms with van der Waals surface area (Å²) in [5, 5.41) is 15.2. The molecule has 4 atom stereocenters. The normalized spacial score (nSPS) is 31.1. The lowest BCUT2D eigenvalue weighted by molar-refractivity contribution is -0.0225. The lowest BCUT2D eigenvalue weighted by atomic mass is 9.78. The molecule has 0 amide bonds. The minimum Gasteiger partial charge on any atom is -0.485 e. The van der Waals surface area contributed by atoms with Crippen molar-refractivity contribution in [3.05, 3.63) is 30.3 Å². The van der Waals surface area contributed by atoms with Crippen LogP contribution in [0.5, 0.6) is 5.75 Å². The number of fused-ring (bicyclic) bond motifs is 2. The van der Waals surface area contributed by atoms with Gasteiger partial charge in [0, 0.05) is 18.5 Å². The first-order valence-corrected chi connectivity index (χ1v) is 10.5. The molecule has 0 bridgehead atoms. The van der Waals surface area contributed by atoms with Crippen LogP contribution in [0.3, 0.4) is 0 Å². The van der Waals surface area contributed by atoms with Crippen LogP contribution >= 0.6 is 0 Å². The van der Waals surface area contributed by atoms with E-state index in [9.17, 15) is 5.11 Å². The van der Waals surface area contributed by atoms with E-state index in [2.05, 4.69) is 28.4 Å². The van der Waals surface area contributed by atoms with E-state index in [-0.39, 0.29) is 6.10 Å². The Labute approximate surface area is 160 Å². The molecular formula is C22H29N3O2. The van der Waals surface area contributed by atoms with Crippen molar-refractivity contribution in [2.45, 2.75) is 44.3 Å². The number of aromatic nitrogens is 1. The molecule has 0 unspecified atom stereocenters. The molecule has 1 aromatic heterocycles. The molecule has 0 spiro atoms. The fourth-order valence-electron chi connectivity index (χ4n) is 5.05. The van der Waals surface area contributed by atoms with Crippen LogP contribution in [0.15, 0.2) is 30.3 Å². The summed E-state index contributed by atoms with van der Waals surface area (Å²) < 4.78 is 6.37. The van der Waals surface area contributed by atoms with Gasteiger partial charge in [0.2, 0.25) is 0 Å². The summed E-state index contributed by atoms with van der Waals surface area (Å²) in [6.45, 7) is 4.24. The van der Waals surface area contributed by atoms with Crippen molar-refractivity contribution in [1.29, 1.82) is 0 Å². The van der Waals surface area contributed by atoms with Crippen LogP contribution in [-0.2, 0) is 0 Å². The highest BCUT2D eigenvalue weighted by Gasteiger charge is 2.40. The Morgan fingerprint density at radius 2 is 1.81 bits per heavy atom. The van der Waals surface area contributed by atoms with Gasteiger partial charge < -0.3 is 20.1 Å². The number of aliphatic hydroxyl groups excluding tert-OH is 1. The van der Waals surface area contributed by atoms with Crippen LogP contribution in [0.25, 0.3) is 10.9 Å². The molecule has 2 aliphatic heterocycles. The van der Waals surface area contributed by atoms with E-state index in [1.807, 2.05) is 12.1 Å². The van der Waals surface area contributed by atoms with Crippen molar-refractivity contribution >= 4 is 16.7 Å². The molecule has 3 heterocycles. The fourth-order valence-corrected chi connectivity index (χ4v) is 5.05. The Hall–Kier alpha value is -1.85. The molecule has 5 heteroatoms. The Morgan fingerprint density at radius 1 is 1.00 bits per heavy atom. The molecule has 2 aromatic rings. The van der Waals surface area contributed by atoms with Crippen molar-refractivity contribution in [1.82, 2.24) is 10.3 Å². The van der Waals surface area contributed by atoms with Gasteiger partial charge >= 0.3 is 0 Å². The molecule has 27 heavy (non-hydrogen) atoms. The fraction of sp³-hybridized carbons (Fsp3) is 0.591. The lowest BCUT2D eigenvalue weighted by Gasteiger charge is -2.35. The molecular weight excluding hydrogens is 338 g/mol. The molecule has 5 rings (SSSR count). The van der Waals surface area contributed by atoms with E-state index >= 15 is 0 Å².